The van der Waals surface area contributed by atoms with Gasteiger partial charge in [0.25, 0.3) is 5.56 Å². The Morgan fingerprint density at radius 2 is 1.83 bits per heavy atom. The lowest BCUT2D eigenvalue weighted by Gasteiger charge is -2.32. The molecule has 7 nitrogen and oxygen atoms in total. The van der Waals surface area contributed by atoms with E-state index in [-0.39, 0.29) is 22.6 Å². The highest BCUT2D eigenvalue weighted by Crippen LogP contribution is 2.40. The van der Waals surface area contributed by atoms with Crippen molar-refractivity contribution in [1.29, 1.82) is 0 Å². The number of nitrogens with one attached hydrogen (secondary N) is 1. The first-order valence-corrected chi connectivity index (χ1v) is 12.8. The fourth-order valence-electron chi connectivity index (χ4n) is 4.73. The minimum absolute atomic E-state index is 0.106. The molecule has 0 atom stereocenters. The standard InChI is InChI=1S/C27H29N5O2S/c1-17(2)15-31-25-29-23-20-13-9-8-10-18(20)14-27(3,4)22(23)24(34)32(25)26(30-31)35-16-21(33)28-19-11-6-5-7-12-19/h5-13,17H,14-16H2,1-4H3,(H,28,33). The van der Waals surface area contributed by atoms with E-state index in [1.54, 1.807) is 9.08 Å². The number of rotatable bonds is 6. The maximum Gasteiger partial charge on any atom is 0.265 e. The van der Waals surface area contributed by atoms with Gasteiger partial charge < -0.3 is 5.32 Å². The van der Waals surface area contributed by atoms with Gasteiger partial charge >= 0.3 is 0 Å². The maximum atomic E-state index is 14.0. The van der Waals surface area contributed by atoms with Gasteiger partial charge in [-0.2, -0.15) is 0 Å². The number of carbonyl (C=O) groups is 1. The van der Waals surface area contributed by atoms with Crippen LogP contribution in [0.15, 0.2) is 64.5 Å². The summed E-state index contributed by atoms with van der Waals surface area (Å²) in [6.07, 6.45) is 0.765. The number of carbonyl (C=O) groups excluding carboxylic acids is 1. The van der Waals surface area contributed by atoms with Gasteiger partial charge in [0, 0.05) is 23.2 Å². The number of hydrogen-bond acceptors (Lipinski definition) is 5. The molecular weight excluding hydrogens is 458 g/mol. The number of nitrogens with zero attached hydrogens (tertiary/aromatic N) is 4. The van der Waals surface area contributed by atoms with Crippen molar-refractivity contribution in [2.75, 3.05) is 11.1 Å². The molecule has 4 aromatic rings. The zero-order valence-corrected chi connectivity index (χ0v) is 21.2. The molecule has 0 fully saturated rings. The summed E-state index contributed by atoms with van der Waals surface area (Å²) in [6, 6.07) is 17.5. The highest BCUT2D eigenvalue weighted by Gasteiger charge is 2.36. The summed E-state index contributed by atoms with van der Waals surface area (Å²) in [4.78, 5) is 31.6. The second-order valence-corrected chi connectivity index (χ2v) is 11.0. The van der Waals surface area contributed by atoms with Crippen molar-refractivity contribution in [3.8, 4) is 11.3 Å². The molecule has 0 unspecified atom stereocenters. The molecule has 0 radical (unpaired) electrons. The van der Waals surface area contributed by atoms with Crippen molar-refractivity contribution in [3.63, 3.8) is 0 Å². The van der Waals surface area contributed by atoms with E-state index < -0.39 is 0 Å². The van der Waals surface area contributed by atoms with Crippen molar-refractivity contribution >= 4 is 29.1 Å². The molecule has 180 valence electrons. The molecule has 2 heterocycles. The molecule has 8 heteroatoms. The summed E-state index contributed by atoms with van der Waals surface area (Å²) >= 11 is 1.25. The molecule has 1 amide bonds. The smallest absolute Gasteiger partial charge is 0.265 e. The Bertz CT molecular complexity index is 1470. The molecule has 35 heavy (non-hydrogen) atoms. The molecule has 1 aliphatic carbocycles. The van der Waals surface area contributed by atoms with Crippen LogP contribution >= 0.6 is 11.8 Å². The molecule has 1 N–H and O–H groups in total. The van der Waals surface area contributed by atoms with E-state index in [1.165, 1.54) is 17.3 Å². The van der Waals surface area contributed by atoms with Gasteiger partial charge in [-0.3, -0.25) is 9.59 Å². The lowest BCUT2D eigenvalue weighted by molar-refractivity contribution is -0.113. The Morgan fingerprint density at radius 1 is 1.11 bits per heavy atom. The SMILES string of the molecule is CC(C)Cn1nc(SCC(=O)Nc2ccccc2)n2c(=O)c3c(nc12)-c1ccccc1CC3(C)C. The van der Waals surface area contributed by atoms with E-state index in [0.29, 0.717) is 29.0 Å². The minimum atomic E-state index is -0.373. The first-order chi connectivity index (χ1) is 16.7. The van der Waals surface area contributed by atoms with Crippen molar-refractivity contribution < 1.29 is 4.79 Å². The van der Waals surface area contributed by atoms with Gasteiger partial charge in [0.15, 0.2) is 5.16 Å². The van der Waals surface area contributed by atoms with Crippen LogP contribution in [-0.4, -0.2) is 30.8 Å². The van der Waals surface area contributed by atoms with Gasteiger partial charge in [-0.15, -0.1) is 5.10 Å². The van der Waals surface area contributed by atoms with Gasteiger partial charge in [-0.05, 0) is 30.0 Å². The van der Waals surface area contributed by atoms with E-state index in [0.717, 1.165) is 23.4 Å². The van der Waals surface area contributed by atoms with E-state index in [1.807, 2.05) is 48.5 Å². The summed E-state index contributed by atoms with van der Waals surface area (Å²) in [5.74, 6) is 0.815. The summed E-state index contributed by atoms with van der Waals surface area (Å²) in [6.45, 7) is 9.02. The molecule has 0 aliphatic heterocycles. The number of hydrogen-bond donors (Lipinski definition) is 1. The highest BCUT2D eigenvalue weighted by atomic mass is 32.2. The van der Waals surface area contributed by atoms with Crippen LogP contribution in [0.2, 0.25) is 0 Å². The third-order valence-electron chi connectivity index (χ3n) is 6.20. The summed E-state index contributed by atoms with van der Waals surface area (Å²) in [5.41, 5.74) is 3.91. The number of amides is 1. The average Bonchev–Trinajstić information content (AvgIpc) is 3.15. The molecule has 0 spiro atoms. The third-order valence-corrected chi connectivity index (χ3v) is 7.13. The van der Waals surface area contributed by atoms with Gasteiger partial charge in [0.05, 0.1) is 17.0 Å². The lowest BCUT2D eigenvalue weighted by atomic mass is 9.72. The van der Waals surface area contributed by atoms with E-state index in [2.05, 4.69) is 39.1 Å². The summed E-state index contributed by atoms with van der Waals surface area (Å²) in [5, 5.41) is 8.12. The number of thioether (sulfide) groups is 1. The van der Waals surface area contributed by atoms with Crippen LogP contribution in [0.25, 0.3) is 17.0 Å². The van der Waals surface area contributed by atoms with Gasteiger partial charge in [-0.1, -0.05) is 81.9 Å². The Hall–Kier alpha value is -3.39. The van der Waals surface area contributed by atoms with E-state index in [9.17, 15) is 9.59 Å². The monoisotopic (exact) mass is 487 g/mol. The van der Waals surface area contributed by atoms with E-state index >= 15 is 0 Å². The lowest BCUT2D eigenvalue weighted by Crippen LogP contribution is -2.36. The Kier molecular flexibility index (Phi) is 6.01. The van der Waals surface area contributed by atoms with E-state index in [4.69, 9.17) is 10.1 Å². The Morgan fingerprint density at radius 3 is 2.57 bits per heavy atom. The highest BCUT2D eigenvalue weighted by molar-refractivity contribution is 7.99. The molecule has 1 aliphatic rings. The number of fused-ring (bicyclic) bond motifs is 4. The first kappa shape index (κ1) is 23.4. The number of para-hydroxylation sites is 1. The van der Waals surface area contributed by atoms with Gasteiger partial charge in [-0.25, -0.2) is 14.1 Å². The minimum Gasteiger partial charge on any atom is -0.325 e. The molecule has 2 aromatic carbocycles. The van der Waals surface area contributed by atoms with Crippen molar-refractivity contribution in [2.24, 2.45) is 5.92 Å². The Balaban J connectivity index is 1.59. The number of benzene rings is 2. The van der Waals surface area contributed by atoms with Crippen LogP contribution in [0.1, 0.15) is 38.8 Å². The van der Waals surface area contributed by atoms with Crippen molar-refractivity contribution in [3.05, 3.63) is 76.1 Å². The van der Waals surface area contributed by atoms with Crippen LogP contribution in [0.4, 0.5) is 5.69 Å². The predicted molar refractivity (Wildman–Crippen MR) is 140 cm³/mol. The zero-order chi connectivity index (χ0) is 24.7. The quantitative estimate of drug-likeness (QED) is 0.396. The molecular formula is C27H29N5O2S. The van der Waals surface area contributed by atoms with Crippen LogP contribution in [0.5, 0.6) is 0 Å². The van der Waals surface area contributed by atoms with Crippen molar-refractivity contribution in [1.82, 2.24) is 19.2 Å². The summed E-state index contributed by atoms with van der Waals surface area (Å²) < 4.78 is 3.39. The Labute approximate surface area is 208 Å². The maximum absolute atomic E-state index is 14.0. The van der Waals surface area contributed by atoms with Crippen LogP contribution < -0.4 is 10.9 Å². The van der Waals surface area contributed by atoms with Crippen molar-refractivity contribution in [2.45, 2.75) is 51.2 Å². The second-order valence-electron chi connectivity index (χ2n) is 10.1. The average molecular weight is 488 g/mol. The second kappa shape index (κ2) is 9.00. The molecule has 0 saturated carbocycles. The fourth-order valence-corrected chi connectivity index (χ4v) is 5.52. The number of anilines is 1. The summed E-state index contributed by atoms with van der Waals surface area (Å²) in [7, 11) is 0. The normalized spacial score (nSPS) is 14.1. The first-order valence-electron chi connectivity index (χ1n) is 11.8. The van der Waals surface area contributed by atoms with Crippen LogP contribution in [0, 0.1) is 5.92 Å². The molecule has 5 rings (SSSR count). The molecule has 0 bridgehead atoms. The molecule has 0 saturated heterocycles. The fraction of sp³-hybridized carbons (Fsp3) is 0.333. The third kappa shape index (κ3) is 4.38. The number of aromatic nitrogens is 4. The topological polar surface area (TPSA) is 81.3 Å². The van der Waals surface area contributed by atoms with Crippen LogP contribution in [0.3, 0.4) is 0 Å². The van der Waals surface area contributed by atoms with Crippen LogP contribution in [-0.2, 0) is 23.2 Å². The predicted octanol–water partition coefficient (Wildman–Crippen LogP) is 4.78. The zero-order valence-electron chi connectivity index (χ0n) is 20.4. The van der Waals surface area contributed by atoms with Gasteiger partial charge in [0.1, 0.15) is 0 Å². The molecule has 2 aromatic heterocycles. The van der Waals surface area contributed by atoms with Gasteiger partial charge in [0.2, 0.25) is 11.7 Å². The largest absolute Gasteiger partial charge is 0.325 e.